The Kier molecular flexibility index (Phi) is 1.48. The molecule has 0 N–H and O–H groups in total. The first kappa shape index (κ1) is 7.12. The molecule has 0 fully saturated rings. The maximum Gasteiger partial charge on any atom is 0.0998 e. The third-order valence-electron chi connectivity index (χ3n) is 2.32. The number of aryl methyl sites for hydroxylation is 1. The van der Waals surface area contributed by atoms with E-state index in [-0.39, 0.29) is 0 Å². The topological polar surface area (TPSA) is 23.8 Å². The minimum Gasteiger partial charge on any atom is -0.192 e. The van der Waals surface area contributed by atoms with E-state index in [2.05, 4.69) is 19.1 Å². The summed E-state index contributed by atoms with van der Waals surface area (Å²) in [5.41, 5.74) is 4.52. The van der Waals surface area contributed by atoms with Crippen LogP contribution in [0.4, 0.5) is 0 Å². The fourth-order valence-electron chi connectivity index (χ4n) is 1.63. The van der Waals surface area contributed by atoms with Crippen LogP contribution in [0.15, 0.2) is 18.2 Å². The number of hydrogen-bond donors (Lipinski definition) is 0. The molecule has 1 nitrogen and oxygen atoms in total. The van der Waals surface area contributed by atoms with Crippen LogP contribution < -0.4 is 0 Å². The summed E-state index contributed by atoms with van der Waals surface area (Å²) in [5.74, 6) is 0. The Morgan fingerprint density at radius 3 is 3.00 bits per heavy atom. The predicted octanol–water partition coefficient (Wildman–Crippen LogP) is 2.44. The fraction of sp³-hybridized carbons (Fsp3) is 0.182. The minimum atomic E-state index is 0.796. The summed E-state index contributed by atoms with van der Waals surface area (Å²) >= 11 is 0. The van der Waals surface area contributed by atoms with Crippen molar-refractivity contribution in [2.45, 2.75) is 13.3 Å². The van der Waals surface area contributed by atoms with Crippen molar-refractivity contribution in [3.05, 3.63) is 40.5 Å². The lowest BCUT2D eigenvalue weighted by Gasteiger charge is -2.04. The van der Waals surface area contributed by atoms with Crippen molar-refractivity contribution in [3.8, 4) is 6.07 Å². The minimum absolute atomic E-state index is 0.796. The van der Waals surface area contributed by atoms with Crippen molar-refractivity contribution in [2.75, 3.05) is 0 Å². The molecule has 1 aliphatic rings. The Labute approximate surface area is 72.0 Å². The molecule has 0 atom stereocenters. The lowest BCUT2D eigenvalue weighted by molar-refractivity contribution is 1.23. The lowest BCUT2D eigenvalue weighted by atomic mass is 9.99. The van der Waals surface area contributed by atoms with Gasteiger partial charge in [-0.25, -0.2) is 0 Å². The van der Waals surface area contributed by atoms with Gasteiger partial charge in [-0.2, -0.15) is 5.26 Å². The number of hydrogen-bond acceptors (Lipinski definition) is 1. The molecule has 0 heterocycles. The second-order valence-electron chi connectivity index (χ2n) is 3.04. The summed E-state index contributed by atoms with van der Waals surface area (Å²) in [6.45, 7) is 2.09. The standard InChI is InChI=1S/C11H9N/c1-8-5-6-9(7-12)11-4-2-3-10(8)11/h2,4-6H,3H2,1H3. The molecule has 0 saturated heterocycles. The van der Waals surface area contributed by atoms with Gasteiger partial charge in [0.05, 0.1) is 11.6 Å². The summed E-state index contributed by atoms with van der Waals surface area (Å²) in [6, 6.07) is 6.11. The molecule has 1 aliphatic carbocycles. The molecule has 2 rings (SSSR count). The molecule has 0 amide bonds. The fourth-order valence-corrected chi connectivity index (χ4v) is 1.63. The van der Waals surface area contributed by atoms with Crippen molar-refractivity contribution >= 4 is 6.08 Å². The number of benzene rings is 1. The van der Waals surface area contributed by atoms with E-state index in [1.54, 1.807) is 0 Å². The van der Waals surface area contributed by atoms with E-state index in [1.807, 2.05) is 18.2 Å². The third-order valence-corrected chi connectivity index (χ3v) is 2.32. The highest BCUT2D eigenvalue weighted by Gasteiger charge is 2.11. The molecule has 0 unspecified atom stereocenters. The first-order valence-corrected chi connectivity index (χ1v) is 4.02. The van der Waals surface area contributed by atoms with Gasteiger partial charge in [0.25, 0.3) is 0 Å². The average Bonchev–Trinajstić information content (AvgIpc) is 2.54. The van der Waals surface area contributed by atoms with E-state index in [0.717, 1.165) is 17.5 Å². The Morgan fingerprint density at radius 1 is 1.42 bits per heavy atom. The van der Waals surface area contributed by atoms with Crippen LogP contribution in [0.3, 0.4) is 0 Å². The van der Waals surface area contributed by atoms with Crippen LogP contribution in [0.25, 0.3) is 6.08 Å². The van der Waals surface area contributed by atoms with Gasteiger partial charge in [-0.1, -0.05) is 18.2 Å². The molecule has 0 bridgehead atoms. The first-order valence-electron chi connectivity index (χ1n) is 4.02. The van der Waals surface area contributed by atoms with E-state index in [4.69, 9.17) is 5.26 Å². The number of rotatable bonds is 0. The normalized spacial score (nSPS) is 12.7. The zero-order chi connectivity index (χ0) is 8.55. The average molecular weight is 155 g/mol. The second kappa shape index (κ2) is 2.49. The van der Waals surface area contributed by atoms with Crippen molar-refractivity contribution < 1.29 is 0 Å². The molecule has 1 aromatic carbocycles. The van der Waals surface area contributed by atoms with Gasteiger partial charge >= 0.3 is 0 Å². The molecule has 0 radical (unpaired) electrons. The number of nitriles is 1. The van der Waals surface area contributed by atoms with Gasteiger partial charge in [0.15, 0.2) is 0 Å². The van der Waals surface area contributed by atoms with Crippen LogP contribution >= 0.6 is 0 Å². The maximum atomic E-state index is 8.81. The Hall–Kier alpha value is -1.55. The van der Waals surface area contributed by atoms with E-state index >= 15 is 0 Å². The van der Waals surface area contributed by atoms with Crippen LogP contribution in [-0.2, 0) is 6.42 Å². The molecule has 12 heavy (non-hydrogen) atoms. The molecule has 0 saturated carbocycles. The second-order valence-corrected chi connectivity index (χ2v) is 3.04. The SMILES string of the molecule is Cc1ccc(C#N)c2c1CC=C2. The van der Waals surface area contributed by atoms with Gasteiger partial charge in [-0.3, -0.25) is 0 Å². The lowest BCUT2D eigenvalue weighted by Crippen LogP contribution is -1.90. The van der Waals surface area contributed by atoms with Crippen LogP contribution in [0, 0.1) is 18.3 Å². The highest BCUT2D eigenvalue weighted by Crippen LogP contribution is 2.25. The summed E-state index contributed by atoms with van der Waals surface area (Å²) in [6.07, 6.45) is 5.14. The summed E-state index contributed by atoms with van der Waals surface area (Å²) in [5, 5.41) is 8.81. The van der Waals surface area contributed by atoms with Crippen LogP contribution in [-0.4, -0.2) is 0 Å². The molecular formula is C11H9N. The Bertz CT molecular complexity index is 394. The molecule has 0 aromatic heterocycles. The Balaban J connectivity index is 2.72. The molecule has 0 aliphatic heterocycles. The summed E-state index contributed by atoms with van der Waals surface area (Å²) in [7, 11) is 0. The van der Waals surface area contributed by atoms with Gasteiger partial charge in [0, 0.05) is 0 Å². The van der Waals surface area contributed by atoms with E-state index in [1.165, 1.54) is 11.1 Å². The van der Waals surface area contributed by atoms with Gasteiger partial charge in [-0.15, -0.1) is 0 Å². The van der Waals surface area contributed by atoms with E-state index in [9.17, 15) is 0 Å². The van der Waals surface area contributed by atoms with Gasteiger partial charge < -0.3 is 0 Å². The molecule has 1 aromatic rings. The smallest absolute Gasteiger partial charge is 0.0998 e. The van der Waals surface area contributed by atoms with Crippen molar-refractivity contribution in [2.24, 2.45) is 0 Å². The highest BCUT2D eigenvalue weighted by molar-refractivity contribution is 5.67. The number of allylic oxidation sites excluding steroid dienone is 1. The number of fused-ring (bicyclic) bond motifs is 1. The highest BCUT2D eigenvalue weighted by atomic mass is 14.3. The van der Waals surface area contributed by atoms with Gasteiger partial charge in [0.2, 0.25) is 0 Å². The Morgan fingerprint density at radius 2 is 2.25 bits per heavy atom. The first-order chi connectivity index (χ1) is 5.83. The zero-order valence-electron chi connectivity index (χ0n) is 6.96. The molecular weight excluding hydrogens is 146 g/mol. The van der Waals surface area contributed by atoms with E-state index in [0.29, 0.717) is 0 Å². The quantitative estimate of drug-likeness (QED) is 0.564. The zero-order valence-corrected chi connectivity index (χ0v) is 6.96. The van der Waals surface area contributed by atoms with Crippen molar-refractivity contribution in [3.63, 3.8) is 0 Å². The van der Waals surface area contributed by atoms with Crippen molar-refractivity contribution in [1.82, 2.24) is 0 Å². The predicted molar refractivity (Wildman–Crippen MR) is 48.6 cm³/mol. The third kappa shape index (κ3) is 0.853. The summed E-state index contributed by atoms with van der Waals surface area (Å²) in [4.78, 5) is 0. The van der Waals surface area contributed by atoms with Crippen LogP contribution in [0.1, 0.15) is 22.3 Å². The maximum absolute atomic E-state index is 8.81. The van der Waals surface area contributed by atoms with Gasteiger partial charge in [0.1, 0.15) is 0 Å². The molecule has 1 heteroatoms. The summed E-state index contributed by atoms with van der Waals surface area (Å²) < 4.78 is 0. The largest absolute Gasteiger partial charge is 0.192 e. The van der Waals surface area contributed by atoms with Crippen molar-refractivity contribution in [1.29, 1.82) is 5.26 Å². The van der Waals surface area contributed by atoms with Gasteiger partial charge in [-0.05, 0) is 36.1 Å². The van der Waals surface area contributed by atoms with Crippen LogP contribution in [0.5, 0.6) is 0 Å². The monoisotopic (exact) mass is 155 g/mol. The molecule has 0 spiro atoms. The van der Waals surface area contributed by atoms with Crippen LogP contribution in [0.2, 0.25) is 0 Å². The number of nitrogens with zero attached hydrogens (tertiary/aromatic N) is 1. The molecule has 58 valence electrons. The van der Waals surface area contributed by atoms with E-state index < -0.39 is 0 Å².